The van der Waals surface area contributed by atoms with Gasteiger partial charge in [-0.2, -0.15) is 0 Å². The molecule has 19 heavy (non-hydrogen) atoms. The summed E-state index contributed by atoms with van der Waals surface area (Å²) in [5, 5.41) is 0. The van der Waals surface area contributed by atoms with E-state index in [4.69, 9.17) is 0 Å². The highest BCUT2D eigenvalue weighted by molar-refractivity contribution is 5.81. The third kappa shape index (κ3) is 3.21. The summed E-state index contributed by atoms with van der Waals surface area (Å²) in [6.07, 6.45) is 14.2. The number of ketones is 1. The number of fused-ring (bicyclic) bond motifs is 1. The van der Waals surface area contributed by atoms with Crippen molar-refractivity contribution in [1.29, 1.82) is 0 Å². The summed E-state index contributed by atoms with van der Waals surface area (Å²) in [6, 6.07) is 0.818. The van der Waals surface area contributed by atoms with Crippen LogP contribution in [0.3, 0.4) is 0 Å². The number of likely N-dealkylation sites (tertiary alicyclic amines) is 1. The van der Waals surface area contributed by atoms with Crippen molar-refractivity contribution in [2.75, 3.05) is 13.1 Å². The van der Waals surface area contributed by atoms with Crippen LogP contribution in [0.4, 0.5) is 0 Å². The zero-order chi connectivity index (χ0) is 13.1. The van der Waals surface area contributed by atoms with Crippen LogP contribution in [0.25, 0.3) is 0 Å². The standard InChI is InChI=1S/C17H29NO/c19-17-11-3-1-2-8-15(17)13-18-12-6-9-14-7-4-5-10-16(14)18/h14-16H,1-13H2/t14-,15?,16-/m1/s1. The molecule has 3 aliphatic rings. The molecule has 1 aliphatic heterocycles. The summed E-state index contributed by atoms with van der Waals surface area (Å²) in [5.74, 6) is 1.88. The van der Waals surface area contributed by atoms with Crippen LogP contribution in [0.15, 0.2) is 0 Å². The Hall–Kier alpha value is -0.370. The van der Waals surface area contributed by atoms with Crippen molar-refractivity contribution in [3.8, 4) is 0 Å². The van der Waals surface area contributed by atoms with E-state index >= 15 is 0 Å². The predicted octanol–water partition coefficient (Wildman–Crippen LogP) is 3.79. The number of piperidine rings is 1. The number of carbonyl (C=O) groups excluding carboxylic acids is 1. The SMILES string of the molecule is O=C1CCCCCC1CN1CCC[C@H]2CCCC[C@H]21. The van der Waals surface area contributed by atoms with Gasteiger partial charge in [0.2, 0.25) is 0 Å². The second kappa shape index (κ2) is 6.39. The van der Waals surface area contributed by atoms with Gasteiger partial charge in [-0.1, -0.05) is 25.7 Å². The Kier molecular flexibility index (Phi) is 4.57. The van der Waals surface area contributed by atoms with Gasteiger partial charge in [0.25, 0.3) is 0 Å². The lowest BCUT2D eigenvalue weighted by Gasteiger charge is -2.45. The van der Waals surface area contributed by atoms with Crippen molar-refractivity contribution in [3.63, 3.8) is 0 Å². The first-order valence-electron chi connectivity index (χ1n) is 8.61. The second-order valence-corrected chi connectivity index (χ2v) is 7.01. The van der Waals surface area contributed by atoms with Crippen molar-refractivity contribution in [2.24, 2.45) is 11.8 Å². The molecule has 108 valence electrons. The van der Waals surface area contributed by atoms with Crippen LogP contribution >= 0.6 is 0 Å². The number of Topliss-reactive ketones (excluding diaryl/α,β-unsaturated/α-hetero) is 1. The molecule has 0 aromatic rings. The first-order chi connectivity index (χ1) is 9.34. The average Bonchev–Trinajstić information content (AvgIpc) is 2.65. The van der Waals surface area contributed by atoms with Crippen molar-refractivity contribution in [3.05, 3.63) is 0 Å². The molecule has 1 unspecified atom stereocenters. The molecule has 3 rings (SSSR count). The van der Waals surface area contributed by atoms with Gasteiger partial charge in [0.15, 0.2) is 0 Å². The third-order valence-corrected chi connectivity index (χ3v) is 5.74. The zero-order valence-electron chi connectivity index (χ0n) is 12.3. The smallest absolute Gasteiger partial charge is 0.137 e. The first-order valence-corrected chi connectivity index (χ1v) is 8.61. The molecule has 0 aromatic carbocycles. The van der Waals surface area contributed by atoms with Crippen molar-refractivity contribution < 1.29 is 4.79 Å². The summed E-state index contributed by atoms with van der Waals surface area (Å²) < 4.78 is 0. The Morgan fingerprint density at radius 3 is 2.63 bits per heavy atom. The van der Waals surface area contributed by atoms with Gasteiger partial charge >= 0.3 is 0 Å². The van der Waals surface area contributed by atoms with Crippen molar-refractivity contribution in [1.82, 2.24) is 4.90 Å². The summed E-state index contributed by atoms with van der Waals surface area (Å²) in [5.41, 5.74) is 0. The Morgan fingerprint density at radius 1 is 0.895 bits per heavy atom. The van der Waals surface area contributed by atoms with Crippen LogP contribution < -0.4 is 0 Å². The molecule has 2 aliphatic carbocycles. The lowest BCUT2D eigenvalue weighted by atomic mass is 9.78. The maximum atomic E-state index is 12.2. The van der Waals surface area contributed by atoms with Gasteiger partial charge in [0.05, 0.1) is 0 Å². The van der Waals surface area contributed by atoms with E-state index in [2.05, 4.69) is 4.90 Å². The van der Waals surface area contributed by atoms with Gasteiger partial charge in [-0.15, -0.1) is 0 Å². The van der Waals surface area contributed by atoms with E-state index < -0.39 is 0 Å². The van der Waals surface area contributed by atoms with Crippen molar-refractivity contribution >= 4 is 5.78 Å². The van der Waals surface area contributed by atoms with Crippen LogP contribution in [0.2, 0.25) is 0 Å². The summed E-state index contributed by atoms with van der Waals surface area (Å²) in [4.78, 5) is 14.9. The average molecular weight is 263 g/mol. The zero-order valence-corrected chi connectivity index (χ0v) is 12.3. The largest absolute Gasteiger partial charge is 0.299 e. The molecule has 0 aromatic heterocycles. The van der Waals surface area contributed by atoms with Crippen LogP contribution in [-0.4, -0.2) is 29.8 Å². The van der Waals surface area contributed by atoms with E-state index in [1.54, 1.807) is 0 Å². The molecule has 3 atom stereocenters. The maximum absolute atomic E-state index is 12.2. The highest BCUT2D eigenvalue weighted by atomic mass is 16.1. The molecule has 0 amide bonds. The fourth-order valence-electron chi connectivity index (χ4n) is 4.66. The molecule has 0 spiro atoms. The van der Waals surface area contributed by atoms with Gasteiger partial charge in [0, 0.05) is 24.9 Å². The number of nitrogens with zero attached hydrogens (tertiary/aromatic N) is 1. The number of carbonyl (C=O) groups is 1. The Bertz CT molecular complexity index is 312. The van der Waals surface area contributed by atoms with Gasteiger partial charge in [-0.05, 0) is 51.0 Å². The fourth-order valence-corrected chi connectivity index (χ4v) is 4.66. The fraction of sp³-hybridized carbons (Fsp3) is 0.941. The Balaban J connectivity index is 1.62. The number of hydrogen-bond acceptors (Lipinski definition) is 2. The molecule has 2 saturated carbocycles. The van der Waals surface area contributed by atoms with E-state index in [9.17, 15) is 4.79 Å². The molecule has 3 fully saturated rings. The molecule has 0 N–H and O–H groups in total. The topological polar surface area (TPSA) is 20.3 Å². The van der Waals surface area contributed by atoms with Crippen LogP contribution in [0.5, 0.6) is 0 Å². The van der Waals surface area contributed by atoms with Crippen LogP contribution in [0.1, 0.15) is 70.6 Å². The highest BCUT2D eigenvalue weighted by Gasteiger charge is 2.35. The van der Waals surface area contributed by atoms with Gasteiger partial charge in [0.1, 0.15) is 5.78 Å². The van der Waals surface area contributed by atoms with E-state index in [0.29, 0.717) is 11.7 Å². The molecule has 1 heterocycles. The summed E-state index contributed by atoms with van der Waals surface area (Å²) in [6.45, 7) is 2.34. The summed E-state index contributed by atoms with van der Waals surface area (Å²) in [7, 11) is 0. The number of hydrogen-bond donors (Lipinski definition) is 0. The molecule has 1 saturated heterocycles. The van der Waals surface area contributed by atoms with E-state index in [1.807, 2.05) is 0 Å². The van der Waals surface area contributed by atoms with Crippen LogP contribution in [0, 0.1) is 11.8 Å². The molecule has 2 nitrogen and oxygen atoms in total. The predicted molar refractivity (Wildman–Crippen MR) is 78.1 cm³/mol. The lowest BCUT2D eigenvalue weighted by molar-refractivity contribution is -0.124. The first kappa shape index (κ1) is 13.6. The number of rotatable bonds is 2. The molecule has 0 radical (unpaired) electrons. The minimum Gasteiger partial charge on any atom is -0.299 e. The normalized spacial score (nSPS) is 37.7. The Morgan fingerprint density at radius 2 is 1.68 bits per heavy atom. The van der Waals surface area contributed by atoms with E-state index in [0.717, 1.165) is 37.8 Å². The molecule has 0 bridgehead atoms. The monoisotopic (exact) mass is 263 g/mol. The molecular formula is C17H29NO. The highest BCUT2D eigenvalue weighted by Crippen LogP contribution is 2.36. The lowest BCUT2D eigenvalue weighted by Crippen LogP contribution is -2.49. The van der Waals surface area contributed by atoms with Crippen molar-refractivity contribution in [2.45, 2.75) is 76.7 Å². The van der Waals surface area contributed by atoms with Crippen LogP contribution in [-0.2, 0) is 4.79 Å². The van der Waals surface area contributed by atoms with E-state index in [-0.39, 0.29) is 0 Å². The second-order valence-electron chi connectivity index (χ2n) is 7.01. The van der Waals surface area contributed by atoms with Gasteiger partial charge < -0.3 is 0 Å². The summed E-state index contributed by atoms with van der Waals surface area (Å²) >= 11 is 0. The third-order valence-electron chi connectivity index (χ3n) is 5.74. The quantitative estimate of drug-likeness (QED) is 0.706. The molecule has 2 heteroatoms. The minimum atomic E-state index is 0.364. The Labute approximate surface area is 117 Å². The maximum Gasteiger partial charge on any atom is 0.137 e. The van der Waals surface area contributed by atoms with Gasteiger partial charge in [-0.25, -0.2) is 0 Å². The van der Waals surface area contributed by atoms with Gasteiger partial charge in [-0.3, -0.25) is 9.69 Å². The minimum absolute atomic E-state index is 0.364. The molecular weight excluding hydrogens is 234 g/mol. The van der Waals surface area contributed by atoms with E-state index in [1.165, 1.54) is 57.9 Å².